The number of amides is 3. The number of benzene rings is 1. The Kier molecular flexibility index (Phi) is 5.84. The molecule has 1 N–H and O–H groups in total. The van der Waals surface area contributed by atoms with Crippen LogP contribution in [0.3, 0.4) is 0 Å². The molecule has 1 aromatic rings. The average Bonchev–Trinajstić information content (AvgIpc) is 2.92. The van der Waals surface area contributed by atoms with E-state index in [1.807, 2.05) is 12.2 Å². The van der Waals surface area contributed by atoms with Crippen LogP contribution < -0.4 is 5.32 Å². The molecule has 1 saturated heterocycles. The van der Waals surface area contributed by atoms with Crippen LogP contribution in [0.1, 0.15) is 26.7 Å². The van der Waals surface area contributed by atoms with Crippen molar-refractivity contribution < 1.29 is 23.9 Å². The summed E-state index contributed by atoms with van der Waals surface area (Å²) in [6.45, 7) is 2.85. The lowest BCUT2D eigenvalue weighted by Crippen LogP contribution is -2.46. The number of hydrogen-bond acceptors (Lipinski definition) is 5. The normalized spacial score (nSPS) is 23.2. The van der Waals surface area contributed by atoms with E-state index >= 15 is 0 Å². The topological polar surface area (TPSA) is 92.8 Å². The number of rotatable bonds is 5. The van der Waals surface area contributed by atoms with Gasteiger partial charge in [0.1, 0.15) is 6.04 Å². The first-order chi connectivity index (χ1) is 13.3. The highest BCUT2D eigenvalue weighted by molar-refractivity contribution is 6.30. The number of halogens is 1. The van der Waals surface area contributed by atoms with Crippen LogP contribution in [0.25, 0.3) is 0 Å². The molecule has 1 aromatic carbocycles. The summed E-state index contributed by atoms with van der Waals surface area (Å²) in [7, 11) is 0. The average molecular weight is 405 g/mol. The summed E-state index contributed by atoms with van der Waals surface area (Å²) in [4.78, 5) is 50.8. The number of carbonyl (C=O) groups is 4. The summed E-state index contributed by atoms with van der Waals surface area (Å²) in [5, 5.41) is 3.05. The largest absolute Gasteiger partial charge is 0.451 e. The van der Waals surface area contributed by atoms with Gasteiger partial charge in [-0.25, -0.2) is 4.79 Å². The maximum absolute atomic E-state index is 12.6. The molecule has 2 aliphatic rings. The number of imide groups is 1. The van der Waals surface area contributed by atoms with E-state index in [1.165, 1.54) is 13.8 Å². The minimum Gasteiger partial charge on any atom is -0.451 e. The molecular weight excluding hydrogens is 384 g/mol. The third kappa shape index (κ3) is 3.94. The van der Waals surface area contributed by atoms with Gasteiger partial charge < -0.3 is 10.1 Å². The van der Waals surface area contributed by atoms with Gasteiger partial charge in [0.05, 0.1) is 11.8 Å². The van der Waals surface area contributed by atoms with Crippen molar-refractivity contribution in [1.29, 1.82) is 0 Å². The van der Waals surface area contributed by atoms with Gasteiger partial charge in [-0.2, -0.15) is 0 Å². The molecule has 0 saturated carbocycles. The molecule has 1 aliphatic carbocycles. The smallest absolute Gasteiger partial charge is 0.329 e. The molecule has 3 rings (SSSR count). The molecule has 28 heavy (non-hydrogen) atoms. The van der Waals surface area contributed by atoms with Crippen molar-refractivity contribution in [2.45, 2.75) is 38.8 Å². The zero-order chi connectivity index (χ0) is 20.4. The van der Waals surface area contributed by atoms with Crippen molar-refractivity contribution in [3.05, 3.63) is 41.4 Å². The molecule has 1 aliphatic heterocycles. The maximum Gasteiger partial charge on any atom is 0.329 e. The lowest BCUT2D eigenvalue weighted by Gasteiger charge is -2.23. The van der Waals surface area contributed by atoms with E-state index in [1.54, 1.807) is 24.3 Å². The second kappa shape index (κ2) is 8.14. The van der Waals surface area contributed by atoms with E-state index in [0.29, 0.717) is 23.6 Å². The first-order valence-electron chi connectivity index (χ1n) is 9.08. The number of nitrogens with zero attached hydrogens (tertiary/aromatic N) is 1. The van der Waals surface area contributed by atoms with Crippen molar-refractivity contribution >= 4 is 41.0 Å². The van der Waals surface area contributed by atoms with Gasteiger partial charge >= 0.3 is 5.97 Å². The Morgan fingerprint density at radius 2 is 1.75 bits per heavy atom. The van der Waals surface area contributed by atoms with E-state index < -0.39 is 35.9 Å². The molecular formula is C20H21ClN2O5. The van der Waals surface area contributed by atoms with Crippen molar-refractivity contribution in [2.75, 3.05) is 5.32 Å². The molecule has 8 heteroatoms. The summed E-state index contributed by atoms with van der Waals surface area (Å²) in [6, 6.07) is 5.47. The summed E-state index contributed by atoms with van der Waals surface area (Å²) >= 11 is 5.88. The van der Waals surface area contributed by atoms with E-state index in [2.05, 4.69) is 5.32 Å². The van der Waals surface area contributed by atoms with Gasteiger partial charge in [-0.3, -0.25) is 19.3 Å². The molecule has 0 aromatic heterocycles. The first kappa shape index (κ1) is 20.1. The van der Waals surface area contributed by atoms with Crippen LogP contribution in [-0.2, 0) is 23.9 Å². The highest BCUT2D eigenvalue weighted by atomic mass is 35.5. The Bertz CT molecular complexity index is 827. The minimum atomic E-state index is -1.11. The third-order valence-corrected chi connectivity index (χ3v) is 5.26. The predicted octanol–water partition coefficient (Wildman–Crippen LogP) is 2.55. The summed E-state index contributed by atoms with van der Waals surface area (Å²) in [6.07, 6.45) is 3.63. The Morgan fingerprint density at radius 1 is 1.14 bits per heavy atom. The molecule has 0 unspecified atom stereocenters. The SMILES string of the molecule is C[C@@H](OC(=O)[C@H](C)N1C(=O)[C@H]2CC=CC[C@@H]2C1=O)C(=O)Nc1cccc(Cl)c1. The zero-order valence-corrected chi connectivity index (χ0v) is 16.3. The summed E-state index contributed by atoms with van der Waals surface area (Å²) in [5.74, 6) is -2.91. The molecule has 1 heterocycles. The van der Waals surface area contributed by atoms with Gasteiger partial charge in [0.15, 0.2) is 6.10 Å². The van der Waals surface area contributed by atoms with Gasteiger partial charge in [-0.15, -0.1) is 0 Å². The maximum atomic E-state index is 12.6. The molecule has 1 fully saturated rings. The fourth-order valence-electron chi connectivity index (χ4n) is 3.45. The lowest BCUT2D eigenvalue weighted by molar-refractivity contribution is -0.163. The fraction of sp³-hybridized carbons (Fsp3) is 0.400. The van der Waals surface area contributed by atoms with Gasteiger partial charge in [0.25, 0.3) is 5.91 Å². The van der Waals surface area contributed by atoms with Crippen LogP contribution >= 0.6 is 11.6 Å². The van der Waals surface area contributed by atoms with Crippen LogP contribution in [0.2, 0.25) is 5.02 Å². The van der Waals surface area contributed by atoms with E-state index in [4.69, 9.17) is 16.3 Å². The van der Waals surface area contributed by atoms with Crippen molar-refractivity contribution in [2.24, 2.45) is 11.8 Å². The zero-order valence-electron chi connectivity index (χ0n) is 15.6. The predicted molar refractivity (Wildman–Crippen MR) is 102 cm³/mol. The number of likely N-dealkylation sites (tertiary alicyclic amines) is 1. The first-order valence-corrected chi connectivity index (χ1v) is 9.46. The number of hydrogen-bond donors (Lipinski definition) is 1. The van der Waals surface area contributed by atoms with E-state index in [0.717, 1.165) is 4.90 Å². The van der Waals surface area contributed by atoms with Crippen LogP contribution in [-0.4, -0.2) is 40.7 Å². The Hall–Kier alpha value is -2.67. The van der Waals surface area contributed by atoms with Gasteiger partial charge in [-0.05, 0) is 44.9 Å². The molecule has 0 spiro atoms. The molecule has 148 valence electrons. The summed E-state index contributed by atoms with van der Waals surface area (Å²) < 4.78 is 5.19. The lowest BCUT2D eigenvalue weighted by atomic mass is 9.85. The Labute approximate surface area is 167 Å². The molecule has 0 bridgehead atoms. The van der Waals surface area contributed by atoms with Crippen LogP contribution in [0.5, 0.6) is 0 Å². The second-order valence-corrected chi connectivity index (χ2v) is 7.39. The van der Waals surface area contributed by atoms with Crippen molar-refractivity contribution in [3.63, 3.8) is 0 Å². The Balaban J connectivity index is 1.61. The van der Waals surface area contributed by atoms with Crippen LogP contribution in [0, 0.1) is 11.8 Å². The monoisotopic (exact) mass is 404 g/mol. The molecule has 3 amide bonds. The quantitative estimate of drug-likeness (QED) is 0.462. The third-order valence-electron chi connectivity index (χ3n) is 5.02. The minimum absolute atomic E-state index is 0.361. The number of anilines is 1. The van der Waals surface area contributed by atoms with E-state index in [-0.39, 0.29) is 11.8 Å². The Morgan fingerprint density at radius 3 is 2.32 bits per heavy atom. The molecule has 7 nitrogen and oxygen atoms in total. The molecule has 0 radical (unpaired) electrons. The highest BCUT2D eigenvalue weighted by Gasteiger charge is 2.50. The number of nitrogens with one attached hydrogen (secondary N) is 1. The second-order valence-electron chi connectivity index (χ2n) is 6.96. The number of allylic oxidation sites excluding steroid dienone is 2. The highest BCUT2D eigenvalue weighted by Crippen LogP contribution is 2.36. The number of ether oxygens (including phenoxy) is 1. The van der Waals surface area contributed by atoms with Gasteiger partial charge in [0.2, 0.25) is 11.8 Å². The number of carbonyl (C=O) groups excluding carboxylic acids is 4. The molecule has 4 atom stereocenters. The van der Waals surface area contributed by atoms with E-state index in [9.17, 15) is 19.2 Å². The van der Waals surface area contributed by atoms with Gasteiger partial charge in [0, 0.05) is 10.7 Å². The number of fused-ring (bicyclic) bond motifs is 1. The van der Waals surface area contributed by atoms with Crippen molar-refractivity contribution in [3.8, 4) is 0 Å². The summed E-state index contributed by atoms with van der Waals surface area (Å²) in [5.41, 5.74) is 0.468. The van der Waals surface area contributed by atoms with Crippen molar-refractivity contribution in [1.82, 2.24) is 4.90 Å². The fourth-order valence-corrected chi connectivity index (χ4v) is 3.64. The standard InChI is InChI=1S/C20H21ClN2O5/c1-11(23-18(25)15-8-3-4-9-16(15)19(23)26)20(27)28-12(2)17(24)22-14-7-5-6-13(21)10-14/h3-7,10-12,15-16H,8-9H2,1-2H3,(H,22,24)/t11-,12+,15-,16-/m0/s1. The van der Waals surface area contributed by atoms with Gasteiger partial charge in [-0.1, -0.05) is 29.8 Å². The van der Waals surface area contributed by atoms with Crippen LogP contribution in [0.15, 0.2) is 36.4 Å². The van der Waals surface area contributed by atoms with Crippen LogP contribution in [0.4, 0.5) is 5.69 Å². The number of esters is 1.